The van der Waals surface area contributed by atoms with Crippen LogP contribution in [-0.4, -0.2) is 36.9 Å². The molecule has 1 aliphatic heterocycles. The predicted molar refractivity (Wildman–Crippen MR) is 78.2 cm³/mol. The summed E-state index contributed by atoms with van der Waals surface area (Å²) in [5.74, 6) is -1.05. The van der Waals surface area contributed by atoms with Crippen LogP contribution < -0.4 is 0 Å². The fourth-order valence-corrected chi connectivity index (χ4v) is 2.23. The number of carbonyl (C=O) groups is 2. The summed E-state index contributed by atoms with van der Waals surface area (Å²) in [6.07, 6.45) is 0.423. The van der Waals surface area contributed by atoms with E-state index in [1.807, 2.05) is 44.2 Å². The molecule has 1 saturated heterocycles. The number of esters is 1. The van der Waals surface area contributed by atoms with E-state index in [9.17, 15) is 9.59 Å². The Morgan fingerprint density at radius 2 is 1.95 bits per heavy atom. The SMILES string of the molecule is CC.COC(=O)C1CN(Cc2ccccc2)CCC1=O. The Kier molecular flexibility index (Phi) is 6.94. The molecular weight excluding hydrogens is 254 g/mol. The topological polar surface area (TPSA) is 46.6 Å². The van der Waals surface area contributed by atoms with Crippen LogP contribution in [0.15, 0.2) is 30.3 Å². The molecule has 1 fully saturated rings. The number of hydrogen-bond donors (Lipinski definition) is 0. The molecule has 1 aromatic carbocycles. The quantitative estimate of drug-likeness (QED) is 0.628. The fourth-order valence-electron chi connectivity index (χ4n) is 2.23. The number of nitrogens with zero attached hydrogens (tertiary/aromatic N) is 1. The highest BCUT2D eigenvalue weighted by Crippen LogP contribution is 2.16. The lowest BCUT2D eigenvalue weighted by Gasteiger charge is -2.30. The third-order valence-corrected chi connectivity index (χ3v) is 3.24. The molecule has 20 heavy (non-hydrogen) atoms. The summed E-state index contributed by atoms with van der Waals surface area (Å²) in [6.45, 7) is 5.93. The number of ketones is 1. The van der Waals surface area contributed by atoms with Crippen LogP contribution in [-0.2, 0) is 20.9 Å². The maximum Gasteiger partial charge on any atom is 0.317 e. The van der Waals surface area contributed by atoms with E-state index in [2.05, 4.69) is 9.64 Å². The Bertz CT molecular complexity index is 423. The molecule has 0 bridgehead atoms. The monoisotopic (exact) mass is 277 g/mol. The molecule has 0 N–H and O–H groups in total. The van der Waals surface area contributed by atoms with Gasteiger partial charge in [-0.15, -0.1) is 0 Å². The summed E-state index contributed by atoms with van der Waals surface area (Å²) < 4.78 is 4.67. The minimum atomic E-state index is -0.618. The zero-order chi connectivity index (χ0) is 15.0. The number of methoxy groups -OCH3 is 1. The normalized spacial score (nSPS) is 18.9. The number of benzene rings is 1. The van der Waals surface area contributed by atoms with Gasteiger partial charge in [-0.2, -0.15) is 0 Å². The second-order valence-corrected chi connectivity index (χ2v) is 4.51. The van der Waals surface area contributed by atoms with E-state index in [-0.39, 0.29) is 5.78 Å². The number of rotatable bonds is 3. The van der Waals surface area contributed by atoms with Gasteiger partial charge in [0.1, 0.15) is 11.7 Å². The van der Waals surface area contributed by atoms with E-state index >= 15 is 0 Å². The smallest absolute Gasteiger partial charge is 0.317 e. The van der Waals surface area contributed by atoms with Crippen molar-refractivity contribution in [2.24, 2.45) is 5.92 Å². The van der Waals surface area contributed by atoms with Crippen molar-refractivity contribution >= 4 is 11.8 Å². The second kappa shape index (κ2) is 8.48. The molecule has 2 rings (SSSR count). The first kappa shape index (κ1) is 16.4. The van der Waals surface area contributed by atoms with E-state index in [0.717, 1.165) is 6.54 Å². The number of piperidine rings is 1. The maximum atomic E-state index is 11.7. The molecule has 4 nitrogen and oxygen atoms in total. The molecule has 1 unspecified atom stereocenters. The third-order valence-electron chi connectivity index (χ3n) is 3.24. The zero-order valence-corrected chi connectivity index (χ0v) is 12.5. The van der Waals surface area contributed by atoms with Crippen molar-refractivity contribution < 1.29 is 14.3 Å². The van der Waals surface area contributed by atoms with Crippen molar-refractivity contribution in [3.05, 3.63) is 35.9 Å². The van der Waals surface area contributed by atoms with Crippen LogP contribution in [0.25, 0.3) is 0 Å². The Morgan fingerprint density at radius 3 is 2.55 bits per heavy atom. The van der Waals surface area contributed by atoms with Crippen molar-refractivity contribution in [2.45, 2.75) is 26.8 Å². The Labute approximate surface area is 120 Å². The summed E-state index contributed by atoms with van der Waals surface area (Å²) in [7, 11) is 1.33. The highest BCUT2D eigenvalue weighted by atomic mass is 16.5. The molecule has 0 radical (unpaired) electrons. The Morgan fingerprint density at radius 1 is 1.30 bits per heavy atom. The molecule has 0 amide bonds. The highest BCUT2D eigenvalue weighted by molar-refractivity contribution is 5.99. The summed E-state index contributed by atoms with van der Waals surface area (Å²) in [5, 5.41) is 0. The van der Waals surface area contributed by atoms with E-state index < -0.39 is 11.9 Å². The first-order valence-corrected chi connectivity index (χ1v) is 7.07. The number of likely N-dealkylation sites (tertiary alicyclic amines) is 1. The van der Waals surface area contributed by atoms with Crippen LogP contribution in [0.5, 0.6) is 0 Å². The molecule has 110 valence electrons. The molecule has 4 heteroatoms. The summed E-state index contributed by atoms with van der Waals surface area (Å²) in [5.41, 5.74) is 1.19. The van der Waals surface area contributed by atoms with Crippen molar-refractivity contribution in [3.63, 3.8) is 0 Å². The van der Waals surface area contributed by atoms with Gasteiger partial charge in [0.15, 0.2) is 0 Å². The number of Topliss-reactive ketones (excluding diaryl/α,β-unsaturated/α-hetero) is 1. The average Bonchev–Trinajstić information content (AvgIpc) is 2.51. The van der Waals surface area contributed by atoms with Crippen LogP contribution in [0.3, 0.4) is 0 Å². The second-order valence-electron chi connectivity index (χ2n) is 4.51. The van der Waals surface area contributed by atoms with Crippen LogP contribution in [0, 0.1) is 5.92 Å². The van der Waals surface area contributed by atoms with Crippen molar-refractivity contribution in [1.82, 2.24) is 4.90 Å². The van der Waals surface area contributed by atoms with Gasteiger partial charge in [-0.1, -0.05) is 44.2 Å². The minimum absolute atomic E-state index is 0.00818. The minimum Gasteiger partial charge on any atom is -0.468 e. The van der Waals surface area contributed by atoms with E-state index in [4.69, 9.17) is 0 Å². The van der Waals surface area contributed by atoms with Gasteiger partial charge in [-0.05, 0) is 5.56 Å². The van der Waals surface area contributed by atoms with Crippen molar-refractivity contribution in [2.75, 3.05) is 20.2 Å². The van der Waals surface area contributed by atoms with Gasteiger partial charge in [-0.3, -0.25) is 14.5 Å². The molecule has 0 spiro atoms. The number of hydrogen-bond acceptors (Lipinski definition) is 4. The number of carbonyl (C=O) groups excluding carboxylic acids is 2. The van der Waals surface area contributed by atoms with Crippen LogP contribution >= 0.6 is 0 Å². The van der Waals surface area contributed by atoms with Gasteiger partial charge >= 0.3 is 5.97 Å². The van der Waals surface area contributed by atoms with Gasteiger partial charge in [-0.25, -0.2) is 0 Å². The molecule has 1 aliphatic rings. The molecule has 0 aliphatic carbocycles. The van der Waals surface area contributed by atoms with Crippen LogP contribution in [0.4, 0.5) is 0 Å². The van der Waals surface area contributed by atoms with Crippen LogP contribution in [0.1, 0.15) is 25.8 Å². The van der Waals surface area contributed by atoms with Crippen molar-refractivity contribution in [1.29, 1.82) is 0 Å². The molecule has 1 atom stereocenters. The molecule has 1 heterocycles. The van der Waals surface area contributed by atoms with Gasteiger partial charge in [0.2, 0.25) is 0 Å². The van der Waals surface area contributed by atoms with E-state index in [1.54, 1.807) is 0 Å². The van der Waals surface area contributed by atoms with Gasteiger partial charge in [0.25, 0.3) is 0 Å². The van der Waals surface area contributed by atoms with E-state index in [1.165, 1.54) is 12.7 Å². The molecule has 0 aromatic heterocycles. The standard InChI is InChI=1S/C14H17NO3.C2H6/c1-18-14(17)12-10-15(8-7-13(12)16)9-11-5-3-2-4-6-11;1-2/h2-6,12H,7-10H2,1H3;1-2H3. The Balaban J connectivity index is 0.000000956. The lowest BCUT2D eigenvalue weighted by atomic mass is 9.96. The van der Waals surface area contributed by atoms with Crippen LogP contribution in [0.2, 0.25) is 0 Å². The summed E-state index contributed by atoms with van der Waals surface area (Å²) in [4.78, 5) is 25.3. The molecule has 0 saturated carbocycles. The largest absolute Gasteiger partial charge is 0.468 e. The lowest BCUT2D eigenvalue weighted by molar-refractivity contribution is -0.152. The maximum absolute atomic E-state index is 11.7. The Hall–Kier alpha value is -1.68. The van der Waals surface area contributed by atoms with Gasteiger partial charge in [0, 0.05) is 26.1 Å². The first-order chi connectivity index (χ1) is 9.70. The highest BCUT2D eigenvalue weighted by Gasteiger charge is 2.33. The summed E-state index contributed by atoms with van der Waals surface area (Å²) in [6, 6.07) is 10.0. The first-order valence-electron chi connectivity index (χ1n) is 7.07. The summed E-state index contributed by atoms with van der Waals surface area (Å²) >= 11 is 0. The van der Waals surface area contributed by atoms with Gasteiger partial charge in [0.05, 0.1) is 7.11 Å². The van der Waals surface area contributed by atoms with Gasteiger partial charge < -0.3 is 4.74 Å². The lowest BCUT2D eigenvalue weighted by Crippen LogP contribution is -2.44. The predicted octanol–water partition coefficient (Wildman–Crippen LogP) is 2.28. The zero-order valence-electron chi connectivity index (χ0n) is 12.5. The average molecular weight is 277 g/mol. The fraction of sp³-hybridized carbons (Fsp3) is 0.500. The van der Waals surface area contributed by atoms with Crippen molar-refractivity contribution in [3.8, 4) is 0 Å². The molecule has 1 aromatic rings. The third kappa shape index (κ3) is 4.46. The van der Waals surface area contributed by atoms with E-state index in [0.29, 0.717) is 19.5 Å². The molecular formula is C16H23NO3. The number of ether oxygens (including phenoxy) is 1.